The molecule has 4 nitrogen and oxygen atoms in total. The Bertz CT molecular complexity index is 480. The molecule has 0 radical (unpaired) electrons. The average molecular weight is 296 g/mol. The fraction of sp³-hybridized carbons (Fsp3) is 0.533. The van der Waals surface area contributed by atoms with Crippen molar-refractivity contribution >= 4 is 17.5 Å². The SMILES string of the molecule is CCC(N)C(c1cccc(Cl)c1)N1CCN(C)C(=O)C1. The summed E-state index contributed by atoms with van der Waals surface area (Å²) in [6.07, 6.45) is 0.859. The van der Waals surface area contributed by atoms with Gasteiger partial charge in [0.25, 0.3) is 0 Å². The van der Waals surface area contributed by atoms with Crippen molar-refractivity contribution in [2.45, 2.75) is 25.4 Å². The van der Waals surface area contributed by atoms with E-state index in [9.17, 15) is 4.79 Å². The fourth-order valence-electron chi connectivity index (χ4n) is 2.66. The molecule has 5 heteroatoms. The summed E-state index contributed by atoms with van der Waals surface area (Å²) in [6, 6.07) is 7.81. The van der Waals surface area contributed by atoms with Gasteiger partial charge in [0.2, 0.25) is 5.91 Å². The second kappa shape index (κ2) is 6.57. The van der Waals surface area contributed by atoms with Crippen LogP contribution in [-0.4, -0.2) is 48.4 Å². The molecule has 110 valence electrons. The quantitative estimate of drug-likeness (QED) is 0.923. The first kappa shape index (κ1) is 15.3. The maximum atomic E-state index is 11.9. The highest BCUT2D eigenvalue weighted by Gasteiger charge is 2.31. The van der Waals surface area contributed by atoms with Crippen LogP contribution in [-0.2, 0) is 4.79 Å². The second-order valence-corrected chi connectivity index (χ2v) is 5.79. The zero-order valence-electron chi connectivity index (χ0n) is 12.1. The lowest BCUT2D eigenvalue weighted by molar-refractivity contribution is -0.135. The summed E-state index contributed by atoms with van der Waals surface area (Å²) in [5.41, 5.74) is 7.39. The Kier molecular flexibility index (Phi) is 5.02. The predicted molar refractivity (Wildman–Crippen MR) is 81.7 cm³/mol. The summed E-state index contributed by atoms with van der Waals surface area (Å²) in [5.74, 6) is 0.145. The van der Waals surface area contributed by atoms with Gasteiger partial charge in [-0.2, -0.15) is 0 Å². The van der Waals surface area contributed by atoms with E-state index in [1.54, 1.807) is 4.90 Å². The van der Waals surface area contributed by atoms with Crippen molar-refractivity contribution in [2.24, 2.45) is 5.73 Å². The number of rotatable bonds is 4. The molecule has 1 saturated heterocycles. The first-order valence-corrected chi connectivity index (χ1v) is 7.39. The number of nitrogens with two attached hydrogens (primary N) is 1. The number of hydrogen-bond acceptors (Lipinski definition) is 3. The summed E-state index contributed by atoms with van der Waals surface area (Å²) >= 11 is 6.09. The predicted octanol–water partition coefficient (Wildman–Crippen LogP) is 1.89. The molecule has 0 saturated carbocycles. The Hall–Kier alpha value is -1.10. The molecule has 1 aliphatic heterocycles. The van der Waals surface area contributed by atoms with Gasteiger partial charge in [0.05, 0.1) is 12.6 Å². The van der Waals surface area contributed by atoms with E-state index in [1.165, 1.54) is 0 Å². The smallest absolute Gasteiger partial charge is 0.236 e. The van der Waals surface area contributed by atoms with Gasteiger partial charge in [-0.3, -0.25) is 9.69 Å². The van der Waals surface area contributed by atoms with E-state index in [1.807, 2.05) is 31.3 Å². The number of likely N-dealkylation sites (N-methyl/N-ethyl adjacent to an activating group) is 1. The molecule has 1 aliphatic rings. The normalized spacial score (nSPS) is 20.0. The molecule has 2 rings (SSSR count). The van der Waals surface area contributed by atoms with E-state index in [0.29, 0.717) is 11.6 Å². The monoisotopic (exact) mass is 295 g/mol. The number of piperazine rings is 1. The van der Waals surface area contributed by atoms with Crippen molar-refractivity contribution in [1.29, 1.82) is 0 Å². The van der Waals surface area contributed by atoms with Gasteiger partial charge in [0.15, 0.2) is 0 Å². The highest BCUT2D eigenvalue weighted by Crippen LogP contribution is 2.28. The van der Waals surface area contributed by atoms with Crippen LogP contribution in [0.4, 0.5) is 0 Å². The van der Waals surface area contributed by atoms with Gasteiger partial charge in [-0.25, -0.2) is 0 Å². The molecular weight excluding hydrogens is 274 g/mol. The van der Waals surface area contributed by atoms with Gasteiger partial charge in [-0.05, 0) is 24.1 Å². The Balaban J connectivity index is 2.26. The van der Waals surface area contributed by atoms with E-state index >= 15 is 0 Å². The molecule has 0 bridgehead atoms. The Labute approximate surface area is 125 Å². The van der Waals surface area contributed by atoms with Crippen molar-refractivity contribution < 1.29 is 4.79 Å². The Morgan fingerprint density at radius 3 is 2.75 bits per heavy atom. The minimum atomic E-state index is -0.00956. The number of halogens is 1. The topological polar surface area (TPSA) is 49.6 Å². The summed E-state index contributed by atoms with van der Waals surface area (Å²) in [6.45, 7) is 4.07. The van der Waals surface area contributed by atoms with Crippen LogP contribution >= 0.6 is 11.6 Å². The zero-order chi connectivity index (χ0) is 14.7. The highest BCUT2D eigenvalue weighted by atomic mass is 35.5. The third-order valence-electron chi connectivity index (χ3n) is 3.95. The van der Waals surface area contributed by atoms with Crippen LogP contribution in [0.2, 0.25) is 5.02 Å². The van der Waals surface area contributed by atoms with E-state index in [0.717, 1.165) is 25.1 Å². The van der Waals surface area contributed by atoms with Crippen LogP contribution in [0.25, 0.3) is 0 Å². The first-order valence-electron chi connectivity index (χ1n) is 7.02. The molecule has 1 heterocycles. The molecule has 1 fully saturated rings. The van der Waals surface area contributed by atoms with Crippen molar-refractivity contribution in [3.63, 3.8) is 0 Å². The lowest BCUT2D eigenvalue weighted by Crippen LogP contribution is -2.52. The summed E-state index contributed by atoms with van der Waals surface area (Å²) < 4.78 is 0. The van der Waals surface area contributed by atoms with Crippen molar-refractivity contribution in [2.75, 3.05) is 26.7 Å². The molecule has 2 N–H and O–H groups in total. The van der Waals surface area contributed by atoms with E-state index in [2.05, 4.69) is 11.8 Å². The molecule has 20 heavy (non-hydrogen) atoms. The second-order valence-electron chi connectivity index (χ2n) is 5.36. The molecule has 2 unspecified atom stereocenters. The van der Waals surface area contributed by atoms with Crippen LogP contribution in [0, 0.1) is 0 Å². The summed E-state index contributed by atoms with van der Waals surface area (Å²) in [4.78, 5) is 15.9. The number of amides is 1. The lowest BCUT2D eigenvalue weighted by atomic mass is 9.95. The molecule has 1 aromatic carbocycles. The van der Waals surface area contributed by atoms with E-state index in [4.69, 9.17) is 17.3 Å². The van der Waals surface area contributed by atoms with Gasteiger partial charge < -0.3 is 10.6 Å². The van der Waals surface area contributed by atoms with E-state index in [-0.39, 0.29) is 18.0 Å². The van der Waals surface area contributed by atoms with Gasteiger partial charge >= 0.3 is 0 Å². The molecule has 0 aromatic heterocycles. The minimum absolute atomic E-state index is 0.00956. The number of carbonyl (C=O) groups excluding carboxylic acids is 1. The highest BCUT2D eigenvalue weighted by molar-refractivity contribution is 6.30. The van der Waals surface area contributed by atoms with E-state index < -0.39 is 0 Å². The average Bonchev–Trinajstić information content (AvgIpc) is 2.43. The maximum Gasteiger partial charge on any atom is 0.236 e. The number of carbonyl (C=O) groups is 1. The molecule has 2 atom stereocenters. The fourth-order valence-corrected chi connectivity index (χ4v) is 2.86. The van der Waals surface area contributed by atoms with Gasteiger partial charge in [-0.1, -0.05) is 30.7 Å². The number of hydrogen-bond donors (Lipinski definition) is 1. The van der Waals surface area contributed by atoms with Gasteiger partial charge in [-0.15, -0.1) is 0 Å². The van der Waals surface area contributed by atoms with Crippen LogP contribution in [0.1, 0.15) is 24.9 Å². The molecule has 0 aliphatic carbocycles. The Morgan fingerprint density at radius 2 is 2.15 bits per heavy atom. The van der Waals surface area contributed by atoms with Crippen LogP contribution in [0.3, 0.4) is 0 Å². The van der Waals surface area contributed by atoms with Gasteiger partial charge in [0, 0.05) is 31.2 Å². The zero-order valence-corrected chi connectivity index (χ0v) is 12.8. The standard InChI is InChI=1S/C15H22ClN3O/c1-3-13(17)15(11-5-4-6-12(16)9-11)19-8-7-18(2)14(20)10-19/h4-6,9,13,15H,3,7-8,10,17H2,1-2H3. The van der Waals surface area contributed by atoms with Crippen molar-refractivity contribution in [1.82, 2.24) is 9.80 Å². The number of benzene rings is 1. The third kappa shape index (κ3) is 3.32. The summed E-state index contributed by atoms with van der Waals surface area (Å²) in [5, 5.41) is 0.705. The van der Waals surface area contributed by atoms with Crippen molar-refractivity contribution in [3.05, 3.63) is 34.9 Å². The van der Waals surface area contributed by atoms with Crippen LogP contribution in [0.5, 0.6) is 0 Å². The molecule has 1 amide bonds. The minimum Gasteiger partial charge on any atom is -0.343 e. The third-order valence-corrected chi connectivity index (χ3v) is 4.18. The van der Waals surface area contributed by atoms with Crippen LogP contribution in [0.15, 0.2) is 24.3 Å². The molecular formula is C15H22ClN3O. The number of nitrogens with zero attached hydrogens (tertiary/aromatic N) is 2. The summed E-state index contributed by atoms with van der Waals surface area (Å²) in [7, 11) is 1.84. The van der Waals surface area contributed by atoms with Crippen molar-refractivity contribution in [3.8, 4) is 0 Å². The van der Waals surface area contributed by atoms with Crippen LogP contribution < -0.4 is 5.73 Å². The Morgan fingerprint density at radius 1 is 1.40 bits per heavy atom. The molecule has 1 aromatic rings. The largest absolute Gasteiger partial charge is 0.343 e. The van der Waals surface area contributed by atoms with Gasteiger partial charge in [0.1, 0.15) is 0 Å². The lowest BCUT2D eigenvalue weighted by Gasteiger charge is -2.40. The maximum absolute atomic E-state index is 11.9. The molecule has 0 spiro atoms. The first-order chi connectivity index (χ1) is 9.52.